The van der Waals surface area contributed by atoms with Crippen molar-refractivity contribution in [2.75, 3.05) is 19.7 Å². The summed E-state index contributed by atoms with van der Waals surface area (Å²) in [6.07, 6.45) is 8.17. The third kappa shape index (κ3) is 6.43. The highest BCUT2D eigenvalue weighted by molar-refractivity contribution is 6.76. The SMILES string of the molecule is Cc1nc2ccc(Oc3ccc4ncc(-c5cnn(C6CCN(C=O)CC6)c5)nc4c3Cl)cc2n1COCC[Si](C)(C)C. The van der Waals surface area contributed by atoms with Crippen molar-refractivity contribution in [1.82, 2.24) is 34.2 Å². The highest BCUT2D eigenvalue weighted by atomic mass is 35.5. The quantitative estimate of drug-likeness (QED) is 0.0976. The van der Waals surface area contributed by atoms with Gasteiger partial charge in [0, 0.05) is 45.6 Å². The van der Waals surface area contributed by atoms with E-state index < -0.39 is 8.07 Å². The molecule has 0 bridgehead atoms. The van der Waals surface area contributed by atoms with Crippen LogP contribution in [0, 0.1) is 6.92 Å². The Kier molecular flexibility index (Phi) is 8.21. The lowest BCUT2D eigenvalue weighted by Gasteiger charge is -2.29. The number of carbonyl (C=O) groups excluding carboxylic acids is 1. The van der Waals surface area contributed by atoms with E-state index in [4.69, 9.17) is 31.0 Å². The van der Waals surface area contributed by atoms with Crippen molar-refractivity contribution < 1.29 is 14.3 Å². The van der Waals surface area contributed by atoms with Crippen molar-refractivity contribution in [2.24, 2.45) is 0 Å². The predicted molar refractivity (Wildman–Crippen MR) is 170 cm³/mol. The molecule has 0 spiro atoms. The molecule has 0 aliphatic carbocycles. The van der Waals surface area contributed by atoms with Crippen LogP contribution in [0.5, 0.6) is 11.5 Å². The van der Waals surface area contributed by atoms with Gasteiger partial charge in [0.25, 0.3) is 0 Å². The van der Waals surface area contributed by atoms with Gasteiger partial charge in [-0.05, 0) is 50.1 Å². The smallest absolute Gasteiger partial charge is 0.209 e. The van der Waals surface area contributed by atoms with Crippen molar-refractivity contribution in [3.8, 4) is 22.8 Å². The molecule has 43 heavy (non-hydrogen) atoms. The molecule has 1 fully saturated rings. The van der Waals surface area contributed by atoms with Crippen LogP contribution < -0.4 is 4.74 Å². The Labute approximate surface area is 256 Å². The van der Waals surface area contributed by atoms with Crippen molar-refractivity contribution in [3.05, 3.63) is 59.8 Å². The maximum absolute atomic E-state index is 11.1. The normalized spacial score (nSPS) is 14.6. The van der Waals surface area contributed by atoms with Crippen LogP contribution >= 0.6 is 11.6 Å². The Balaban J connectivity index is 1.22. The third-order valence-electron chi connectivity index (χ3n) is 7.89. The number of carbonyl (C=O) groups is 1. The lowest BCUT2D eigenvalue weighted by atomic mass is 10.1. The van der Waals surface area contributed by atoms with Crippen LogP contribution in [-0.4, -0.2) is 68.4 Å². The fourth-order valence-electron chi connectivity index (χ4n) is 5.28. The first-order valence-electron chi connectivity index (χ1n) is 14.6. The average Bonchev–Trinajstić information content (AvgIpc) is 3.61. The first kappa shape index (κ1) is 29.3. The Bertz CT molecular complexity index is 1770. The minimum atomic E-state index is -1.16. The van der Waals surface area contributed by atoms with Crippen molar-refractivity contribution in [2.45, 2.75) is 58.2 Å². The Morgan fingerprint density at radius 2 is 1.86 bits per heavy atom. The van der Waals surface area contributed by atoms with E-state index in [0.717, 1.165) is 67.4 Å². The Morgan fingerprint density at radius 1 is 1.07 bits per heavy atom. The summed E-state index contributed by atoms with van der Waals surface area (Å²) in [6, 6.07) is 10.8. The number of amides is 1. The van der Waals surface area contributed by atoms with Gasteiger partial charge in [-0.2, -0.15) is 5.10 Å². The summed E-state index contributed by atoms with van der Waals surface area (Å²) in [5, 5.41) is 4.97. The molecule has 0 saturated carbocycles. The van der Waals surface area contributed by atoms with Crippen LogP contribution in [0.3, 0.4) is 0 Å². The molecule has 6 rings (SSSR count). The minimum Gasteiger partial charge on any atom is -0.456 e. The van der Waals surface area contributed by atoms with Crippen LogP contribution in [0.15, 0.2) is 48.9 Å². The number of hydrogen-bond donors (Lipinski definition) is 0. The third-order valence-corrected chi connectivity index (χ3v) is 9.96. The van der Waals surface area contributed by atoms with Crippen LogP contribution in [0.25, 0.3) is 33.3 Å². The van der Waals surface area contributed by atoms with E-state index >= 15 is 0 Å². The second-order valence-corrected chi connectivity index (χ2v) is 18.3. The van der Waals surface area contributed by atoms with Gasteiger partial charge in [0.05, 0.1) is 40.7 Å². The van der Waals surface area contributed by atoms with Crippen LogP contribution in [-0.2, 0) is 16.3 Å². The number of aromatic nitrogens is 6. The Morgan fingerprint density at radius 3 is 2.63 bits per heavy atom. The maximum atomic E-state index is 11.1. The number of hydrogen-bond acceptors (Lipinski definition) is 7. The molecular formula is C31H36ClN7O3Si. The van der Waals surface area contributed by atoms with Gasteiger partial charge in [0.2, 0.25) is 6.41 Å². The van der Waals surface area contributed by atoms with E-state index in [9.17, 15) is 4.79 Å². The van der Waals surface area contributed by atoms with Gasteiger partial charge in [-0.3, -0.25) is 14.5 Å². The molecule has 4 heterocycles. The van der Waals surface area contributed by atoms with Crippen molar-refractivity contribution >= 4 is 48.2 Å². The molecular weight excluding hydrogens is 582 g/mol. The van der Waals surface area contributed by atoms with E-state index in [1.807, 2.05) is 48.1 Å². The number of benzene rings is 2. The van der Waals surface area contributed by atoms with Gasteiger partial charge in [-0.15, -0.1) is 0 Å². The molecule has 0 N–H and O–H groups in total. The van der Waals surface area contributed by atoms with E-state index in [2.05, 4.69) is 34.3 Å². The zero-order valence-corrected chi connectivity index (χ0v) is 26.7. The zero-order chi connectivity index (χ0) is 30.1. The summed E-state index contributed by atoms with van der Waals surface area (Å²) < 4.78 is 16.3. The molecule has 3 aromatic heterocycles. The monoisotopic (exact) mass is 617 g/mol. The maximum Gasteiger partial charge on any atom is 0.209 e. The van der Waals surface area contributed by atoms with Gasteiger partial charge < -0.3 is 18.9 Å². The number of likely N-dealkylation sites (tertiary alicyclic amines) is 1. The molecule has 10 nitrogen and oxygen atoms in total. The van der Waals surface area contributed by atoms with E-state index in [-0.39, 0.29) is 6.04 Å². The highest BCUT2D eigenvalue weighted by Gasteiger charge is 2.21. The molecule has 1 aliphatic heterocycles. The topological polar surface area (TPSA) is 100 Å². The van der Waals surface area contributed by atoms with Gasteiger partial charge in [-0.25, -0.2) is 9.97 Å². The average molecular weight is 618 g/mol. The summed E-state index contributed by atoms with van der Waals surface area (Å²) in [5.74, 6) is 2.02. The van der Waals surface area contributed by atoms with Crippen molar-refractivity contribution in [3.63, 3.8) is 0 Å². The van der Waals surface area contributed by atoms with Gasteiger partial charge in [-0.1, -0.05) is 31.2 Å². The molecule has 5 aromatic rings. The molecule has 1 saturated heterocycles. The first-order chi connectivity index (χ1) is 20.7. The van der Waals surface area contributed by atoms with Crippen LogP contribution in [0.4, 0.5) is 0 Å². The number of rotatable bonds is 10. The zero-order valence-electron chi connectivity index (χ0n) is 25.0. The summed E-state index contributed by atoms with van der Waals surface area (Å²) >= 11 is 6.86. The van der Waals surface area contributed by atoms with E-state index in [1.54, 1.807) is 17.3 Å². The van der Waals surface area contributed by atoms with Crippen LogP contribution in [0.2, 0.25) is 30.7 Å². The number of halogens is 1. The number of fused-ring (bicyclic) bond motifs is 2. The summed E-state index contributed by atoms with van der Waals surface area (Å²) in [5.41, 5.74) is 4.59. The Hall–Kier alpha value is -3.80. The number of ether oxygens (including phenoxy) is 2. The summed E-state index contributed by atoms with van der Waals surface area (Å²) in [6.45, 7) is 11.7. The first-order valence-corrected chi connectivity index (χ1v) is 18.7. The number of imidazole rings is 1. The summed E-state index contributed by atoms with van der Waals surface area (Å²) in [4.78, 5) is 27.0. The van der Waals surface area contributed by atoms with Gasteiger partial charge in [0.1, 0.15) is 34.6 Å². The minimum absolute atomic E-state index is 0.246. The van der Waals surface area contributed by atoms with Gasteiger partial charge >= 0.3 is 0 Å². The van der Waals surface area contributed by atoms with Gasteiger partial charge in [0.15, 0.2) is 0 Å². The second-order valence-electron chi connectivity index (χ2n) is 12.3. The lowest BCUT2D eigenvalue weighted by Crippen LogP contribution is -2.33. The molecule has 0 atom stereocenters. The summed E-state index contributed by atoms with van der Waals surface area (Å²) in [7, 11) is -1.16. The molecule has 1 aliphatic rings. The molecule has 224 valence electrons. The molecule has 12 heteroatoms. The molecule has 0 unspecified atom stereocenters. The largest absolute Gasteiger partial charge is 0.456 e. The fourth-order valence-corrected chi connectivity index (χ4v) is 6.28. The number of aryl methyl sites for hydroxylation is 1. The lowest BCUT2D eigenvalue weighted by molar-refractivity contribution is -0.119. The standard InChI is InChI=1S/C31H36ClN7O3Si/c1-21-35-25-6-5-24(15-28(25)38(21)20-41-13-14-43(2,3)4)42-29-8-7-26-31(30(29)32)36-27(17-33-26)22-16-34-39(18-22)23-9-11-37(19-40)12-10-23/h5-8,15-19,23H,9-14,20H2,1-4H3. The second kappa shape index (κ2) is 12.1. The van der Waals surface area contributed by atoms with E-state index in [1.165, 1.54) is 0 Å². The predicted octanol–water partition coefficient (Wildman–Crippen LogP) is 6.70. The molecule has 0 radical (unpaired) electrons. The fraction of sp³-hybridized carbons (Fsp3) is 0.387. The van der Waals surface area contributed by atoms with E-state index in [0.29, 0.717) is 40.0 Å². The number of piperidine rings is 1. The van der Waals surface area contributed by atoms with Crippen LogP contribution in [0.1, 0.15) is 24.7 Å². The molecule has 1 amide bonds. The number of nitrogens with zero attached hydrogens (tertiary/aromatic N) is 7. The molecule has 2 aromatic carbocycles. The van der Waals surface area contributed by atoms with Crippen molar-refractivity contribution in [1.29, 1.82) is 0 Å². The highest BCUT2D eigenvalue weighted by Crippen LogP contribution is 2.36.